The predicted octanol–water partition coefficient (Wildman–Crippen LogP) is 5.57. The average Bonchev–Trinajstić information content (AvgIpc) is 3.40. The van der Waals surface area contributed by atoms with Crippen molar-refractivity contribution in [2.24, 2.45) is 0 Å². The lowest BCUT2D eigenvalue weighted by Crippen LogP contribution is -2.28. The SMILES string of the molecule is C=C1CCCN1CCCNC(=O)c1cccc(S(=O)(=O)Nc2nc3ccccc3nc2Nc2cc(OC)ccc2Cl)c1. The number of nitrogens with zero attached hydrogens (tertiary/aromatic N) is 3. The molecule has 1 amide bonds. The third-order valence-corrected chi connectivity index (χ3v) is 8.53. The maximum atomic E-state index is 13.5. The summed E-state index contributed by atoms with van der Waals surface area (Å²) in [6.07, 6.45) is 2.88. The molecule has 2 heterocycles. The van der Waals surface area contributed by atoms with Crippen molar-refractivity contribution in [3.8, 4) is 5.75 Å². The first kappa shape index (κ1) is 29.2. The smallest absolute Gasteiger partial charge is 0.263 e. The van der Waals surface area contributed by atoms with E-state index in [9.17, 15) is 13.2 Å². The number of allylic oxidation sites excluding steroid dienone is 1. The predicted molar refractivity (Wildman–Crippen MR) is 165 cm³/mol. The zero-order chi connectivity index (χ0) is 29.7. The molecule has 0 bridgehead atoms. The van der Waals surface area contributed by atoms with E-state index in [1.807, 2.05) is 6.07 Å². The van der Waals surface area contributed by atoms with E-state index in [1.54, 1.807) is 42.5 Å². The summed E-state index contributed by atoms with van der Waals surface area (Å²) in [7, 11) is -2.63. The Morgan fingerprint density at radius 2 is 1.81 bits per heavy atom. The van der Waals surface area contributed by atoms with Crippen LogP contribution in [0.2, 0.25) is 5.02 Å². The average molecular weight is 607 g/mol. The molecular weight excluding hydrogens is 576 g/mol. The Balaban J connectivity index is 1.35. The fourth-order valence-corrected chi connectivity index (χ4v) is 5.86. The van der Waals surface area contributed by atoms with E-state index in [4.69, 9.17) is 16.3 Å². The van der Waals surface area contributed by atoms with Crippen LogP contribution in [0, 0.1) is 0 Å². The molecular formula is C30H31ClN6O4S. The Morgan fingerprint density at radius 3 is 2.52 bits per heavy atom. The minimum Gasteiger partial charge on any atom is -0.497 e. The third-order valence-electron chi connectivity index (χ3n) is 6.87. The third kappa shape index (κ3) is 6.75. The summed E-state index contributed by atoms with van der Waals surface area (Å²) in [5, 5.41) is 6.33. The van der Waals surface area contributed by atoms with Crippen LogP contribution in [-0.4, -0.2) is 55.9 Å². The van der Waals surface area contributed by atoms with Crippen LogP contribution >= 0.6 is 11.6 Å². The van der Waals surface area contributed by atoms with Crippen molar-refractivity contribution in [2.75, 3.05) is 36.8 Å². The van der Waals surface area contributed by atoms with Gasteiger partial charge in [-0.2, -0.15) is 0 Å². The van der Waals surface area contributed by atoms with Gasteiger partial charge in [-0.25, -0.2) is 18.4 Å². The Morgan fingerprint density at radius 1 is 1.05 bits per heavy atom. The molecule has 42 heavy (non-hydrogen) atoms. The number of sulfonamides is 1. The van der Waals surface area contributed by atoms with Gasteiger partial charge in [0.05, 0.1) is 33.7 Å². The highest BCUT2D eigenvalue weighted by atomic mass is 35.5. The van der Waals surface area contributed by atoms with Gasteiger partial charge in [-0.1, -0.05) is 36.4 Å². The number of carbonyl (C=O) groups is 1. The van der Waals surface area contributed by atoms with E-state index in [-0.39, 0.29) is 28.0 Å². The summed E-state index contributed by atoms with van der Waals surface area (Å²) < 4.78 is 34.9. The number of methoxy groups -OCH3 is 1. The molecule has 3 aromatic carbocycles. The lowest BCUT2D eigenvalue weighted by Gasteiger charge is -2.18. The summed E-state index contributed by atoms with van der Waals surface area (Å²) in [6.45, 7) is 6.34. The van der Waals surface area contributed by atoms with Crippen molar-refractivity contribution in [3.63, 3.8) is 0 Å². The van der Waals surface area contributed by atoms with Crippen LogP contribution in [0.25, 0.3) is 11.0 Å². The van der Waals surface area contributed by atoms with E-state index in [2.05, 4.69) is 36.8 Å². The van der Waals surface area contributed by atoms with Crippen LogP contribution in [0.15, 0.2) is 83.9 Å². The molecule has 0 spiro atoms. The number of hydrogen-bond donors (Lipinski definition) is 3. The number of hydrogen-bond acceptors (Lipinski definition) is 8. The van der Waals surface area contributed by atoms with Gasteiger partial charge in [0.1, 0.15) is 5.75 Å². The van der Waals surface area contributed by atoms with Crippen LogP contribution in [0.4, 0.5) is 17.3 Å². The molecule has 0 aliphatic carbocycles. The van der Waals surface area contributed by atoms with Crippen molar-refractivity contribution in [3.05, 3.63) is 89.6 Å². The minimum atomic E-state index is -4.16. The van der Waals surface area contributed by atoms with Crippen molar-refractivity contribution in [1.82, 2.24) is 20.2 Å². The topological polar surface area (TPSA) is 126 Å². The number of benzene rings is 3. The minimum absolute atomic E-state index is 0.0362. The Labute approximate surface area is 249 Å². The van der Waals surface area contributed by atoms with E-state index in [0.29, 0.717) is 34.0 Å². The number of aromatic nitrogens is 2. The number of anilines is 3. The second kappa shape index (κ2) is 12.7. The maximum Gasteiger partial charge on any atom is 0.263 e. The number of fused-ring (bicyclic) bond motifs is 1. The van der Waals surface area contributed by atoms with Crippen LogP contribution in [0.3, 0.4) is 0 Å². The summed E-state index contributed by atoms with van der Waals surface area (Å²) in [6, 6.07) is 18.0. The lowest BCUT2D eigenvalue weighted by atomic mass is 10.2. The summed E-state index contributed by atoms with van der Waals surface area (Å²) >= 11 is 6.39. The van der Waals surface area contributed by atoms with Gasteiger partial charge in [-0.15, -0.1) is 0 Å². The number of nitrogens with one attached hydrogen (secondary N) is 3. The lowest BCUT2D eigenvalue weighted by molar-refractivity contribution is 0.0952. The van der Waals surface area contributed by atoms with Crippen LogP contribution in [0.5, 0.6) is 5.75 Å². The van der Waals surface area contributed by atoms with Crippen molar-refractivity contribution >= 4 is 55.9 Å². The van der Waals surface area contributed by atoms with E-state index in [1.165, 1.54) is 25.3 Å². The van der Waals surface area contributed by atoms with Crippen molar-refractivity contribution < 1.29 is 17.9 Å². The van der Waals surface area contributed by atoms with Gasteiger partial charge < -0.3 is 20.3 Å². The molecule has 1 aromatic heterocycles. The zero-order valence-electron chi connectivity index (χ0n) is 23.1. The van der Waals surface area contributed by atoms with Gasteiger partial charge in [0.2, 0.25) is 0 Å². The van der Waals surface area contributed by atoms with Gasteiger partial charge in [0.25, 0.3) is 15.9 Å². The first-order valence-corrected chi connectivity index (χ1v) is 15.3. The molecule has 5 rings (SSSR count). The first-order chi connectivity index (χ1) is 20.2. The molecule has 1 saturated heterocycles. The number of rotatable bonds is 11. The second-order valence-corrected chi connectivity index (χ2v) is 11.9. The summed E-state index contributed by atoms with van der Waals surface area (Å²) in [4.78, 5) is 24.1. The molecule has 0 radical (unpaired) electrons. The normalized spacial score (nSPS) is 13.3. The van der Waals surface area contributed by atoms with Gasteiger partial charge in [-0.05, 0) is 61.7 Å². The molecule has 0 saturated carbocycles. The van der Waals surface area contributed by atoms with Gasteiger partial charge >= 0.3 is 0 Å². The van der Waals surface area contributed by atoms with E-state index >= 15 is 0 Å². The van der Waals surface area contributed by atoms with Crippen LogP contribution < -0.4 is 20.1 Å². The second-order valence-electron chi connectivity index (χ2n) is 9.78. The molecule has 3 N–H and O–H groups in total. The van der Waals surface area contributed by atoms with E-state index < -0.39 is 10.0 Å². The number of amides is 1. The summed E-state index contributed by atoms with van der Waals surface area (Å²) in [5.74, 6) is 0.301. The fourth-order valence-electron chi connectivity index (χ4n) is 4.64. The Kier molecular flexibility index (Phi) is 8.79. The van der Waals surface area contributed by atoms with Gasteiger partial charge in [0.15, 0.2) is 11.6 Å². The molecule has 4 aromatic rings. The molecule has 0 atom stereocenters. The monoisotopic (exact) mass is 606 g/mol. The molecule has 0 unspecified atom stereocenters. The fraction of sp³-hybridized carbons (Fsp3) is 0.233. The summed E-state index contributed by atoms with van der Waals surface area (Å²) in [5.41, 5.74) is 2.86. The largest absolute Gasteiger partial charge is 0.497 e. The Hall–Kier alpha value is -4.35. The number of carbonyl (C=O) groups excluding carboxylic acids is 1. The van der Waals surface area contributed by atoms with Crippen molar-refractivity contribution in [2.45, 2.75) is 24.2 Å². The quantitative estimate of drug-likeness (QED) is 0.189. The first-order valence-electron chi connectivity index (χ1n) is 13.4. The van der Waals surface area contributed by atoms with Gasteiger partial charge in [-0.3, -0.25) is 9.52 Å². The number of ether oxygens (including phenoxy) is 1. The molecule has 1 aliphatic rings. The van der Waals surface area contributed by atoms with Gasteiger partial charge in [0, 0.05) is 37.0 Å². The van der Waals surface area contributed by atoms with Crippen LogP contribution in [0.1, 0.15) is 29.6 Å². The maximum absolute atomic E-state index is 13.5. The molecule has 218 valence electrons. The standard InChI is InChI=1S/C30H31ClN6O4S/c1-20-8-6-16-37(20)17-7-15-32-30(38)21-9-5-10-23(18-21)42(39,40)36-29-28(33-25-11-3-4-12-26(25)34-29)35-27-19-22(41-2)13-14-24(27)31/h3-5,9-14,18-19H,1,6-8,15-17H2,2H3,(H,32,38)(H,33,35)(H,34,36). The zero-order valence-corrected chi connectivity index (χ0v) is 24.6. The van der Waals surface area contributed by atoms with E-state index in [0.717, 1.165) is 38.0 Å². The number of halogens is 1. The molecule has 12 heteroatoms. The highest BCUT2D eigenvalue weighted by Gasteiger charge is 2.21. The number of para-hydroxylation sites is 2. The van der Waals surface area contributed by atoms with Crippen LogP contribution in [-0.2, 0) is 10.0 Å². The molecule has 1 aliphatic heterocycles. The Bertz CT molecular complexity index is 1750. The van der Waals surface area contributed by atoms with Crippen molar-refractivity contribution in [1.29, 1.82) is 0 Å². The molecule has 1 fully saturated rings. The highest BCUT2D eigenvalue weighted by molar-refractivity contribution is 7.92. The number of likely N-dealkylation sites (tertiary alicyclic amines) is 1. The highest BCUT2D eigenvalue weighted by Crippen LogP contribution is 2.32. The molecule has 10 nitrogen and oxygen atoms in total.